The van der Waals surface area contributed by atoms with Gasteiger partial charge in [-0.15, -0.1) is 0 Å². The monoisotopic (exact) mass is 289 g/mol. The maximum absolute atomic E-state index is 12.1. The van der Waals surface area contributed by atoms with Crippen molar-refractivity contribution < 1.29 is 9.90 Å². The maximum Gasteiger partial charge on any atom is 0.137 e. The van der Waals surface area contributed by atoms with Gasteiger partial charge in [0.15, 0.2) is 0 Å². The predicted molar refractivity (Wildman–Crippen MR) is 85.1 cm³/mol. The number of aliphatic hydroxyl groups excluding tert-OH is 1. The highest BCUT2D eigenvalue weighted by Gasteiger charge is 2.22. The zero-order valence-corrected chi connectivity index (χ0v) is 12.9. The molecule has 0 bridgehead atoms. The van der Waals surface area contributed by atoms with Gasteiger partial charge in [-0.25, -0.2) is 0 Å². The van der Waals surface area contributed by atoms with E-state index < -0.39 is 6.10 Å². The summed E-state index contributed by atoms with van der Waals surface area (Å²) in [6.45, 7) is 2.66. The number of ketones is 1. The Hall–Kier alpha value is -1.19. The first-order valence-electron chi connectivity index (χ1n) is 8.17. The van der Waals surface area contributed by atoms with Gasteiger partial charge in [0.1, 0.15) is 5.78 Å². The third kappa shape index (κ3) is 4.94. The molecule has 21 heavy (non-hydrogen) atoms. The van der Waals surface area contributed by atoms with E-state index in [1.54, 1.807) is 0 Å². The van der Waals surface area contributed by atoms with Gasteiger partial charge in [0, 0.05) is 24.9 Å². The van der Waals surface area contributed by atoms with Gasteiger partial charge < -0.3 is 10.4 Å². The lowest BCUT2D eigenvalue weighted by Gasteiger charge is -2.24. The van der Waals surface area contributed by atoms with Crippen LogP contribution in [0.3, 0.4) is 0 Å². The number of aliphatic hydroxyl groups is 1. The lowest BCUT2D eigenvalue weighted by Crippen LogP contribution is -2.38. The molecule has 3 atom stereocenters. The van der Waals surface area contributed by atoms with Crippen molar-refractivity contribution in [3.63, 3.8) is 0 Å². The molecule has 3 nitrogen and oxygen atoms in total. The highest BCUT2D eigenvalue weighted by Crippen LogP contribution is 2.20. The van der Waals surface area contributed by atoms with Gasteiger partial charge in [0.25, 0.3) is 0 Å². The first-order valence-corrected chi connectivity index (χ1v) is 8.17. The summed E-state index contributed by atoms with van der Waals surface area (Å²) >= 11 is 0. The molecule has 1 aliphatic carbocycles. The van der Waals surface area contributed by atoms with Crippen molar-refractivity contribution in [2.45, 2.75) is 57.6 Å². The van der Waals surface area contributed by atoms with E-state index in [4.69, 9.17) is 0 Å². The van der Waals surface area contributed by atoms with E-state index in [0.29, 0.717) is 12.3 Å². The highest BCUT2D eigenvalue weighted by atomic mass is 16.3. The number of Topliss-reactive ketones (excluding diaryl/α,β-unsaturated/α-hetero) is 1. The third-order valence-corrected chi connectivity index (χ3v) is 4.48. The smallest absolute Gasteiger partial charge is 0.137 e. The Bertz CT molecular complexity index is 432. The lowest BCUT2D eigenvalue weighted by molar-refractivity contribution is -0.123. The van der Waals surface area contributed by atoms with E-state index in [9.17, 15) is 9.90 Å². The molecule has 2 N–H and O–H groups in total. The molecule has 3 unspecified atom stereocenters. The number of nitrogens with one attached hydrogen (secondary N) is 1. The zero-order chi connectivity index (χ0) is 15.1. The number of hydrogen-bond donors (Lipinski definition) is 2. The van der Waals surface area contributed by atoms with E-state index in [0.717, 1.165) is 31.2 Å². The van der Waals surface area contributed by atoms with Crippen LogP contribution in [-0.4, -0.2) is 23.5 Å². The number of benzene rings is 1. The fourth-order valence-electron chi connectivity index (χ4n) is 3.00. The molecule has 0 heterocycles. The molecule has 2 rings (SSSR count). The van der Waals surface area contributed by atoms with Gasteiger partial charge in [-0.3, -0.25) is 4.79 Å². The fourth-order valence-corrected chi connectivity index (χ4v) is 3.00. The Morgan fingerprint density at radius 3 is 2.67 bits per heavy atom. The summed E-state index contributed by atoms with van der Waals surface area (Å²) in [5, 5.41) is 13.7. The standard InChI is InChI=1S/C18H27NO2/c1-14(18(21)15-9-6-4-7-10-15)19-13-16-11-5-2-3-8-12-17(16)20/h4,6-7,9-10,14,16,18-19,21H,2-3,5,8,11-13H2,1H3. The molecule has 0 saturated heterocycles. The molecule has 1 aromatic carbocycles. The van der Waals surface area contributed by atoms with Crippen LogP contribution in [0.2, 0.25) is 0 Å². The van der Waals surface area contributed by atoms with E-state index in [1.807, 2.05) is 37.3 Å². The Balaban J connectivity index is 1.84. The fraction of sp³-hybridized carbons (Fsp3) is 0.611. The van der Waals surface area contributed by atoms with Crippen LogP contribution < -0.4 is 5.32 Å². The van der Waals surface area contributed by atoms with Gasteiger partial charge in [-0.05, 0) is 25.3 Å². The zero-order valence-electron chi connectivity index (χ0n) is 12.9. The van der Waals surface area contributed by atoms with E-state index in [2.05, 4.69) is 5.32 Å². The van der Waals surface area contributed by atoms with E-state index >= 15 is 0 Å². The minimum absolute atomic E-state index is 0.0503. The third-order valence-electron chi connectivity index (χ3n) is 4.48. The number of rotatable bonds is 5. The normalized spacial score (nSPS) is 23.1. The van der Waals surface area contributed by atoms with Crippen LogP contribution >= 0.6 is 0 Å². The molecule has 0 amide bonds. The Morgan fingerprint density at radius 1 is 1.19 bits per heavy atom. The van der Waals surface area contributed by atoms with Gasteiger partial charge in [-0.2, -0.15) is 0 Å². The number of hydrogen-bond acceptors (Lipinski definition) is 3. The molecule has 3 heteroatoms. The van der Waals surface area contributed by atoms with Gasteiger partial charge >= 0.3 is 0 Å². The second-order valence-corrected chi connectivity index (χ2v) is 6.17. The summed E-state index contributed by atoms with van der Waals surface area (Å²) in [6.07, 6.45) is 5.80. The molecule has 116 valence electrons. The molecule has 0 aromatic heterocycles. The molecule has 1 aromatic rings. The highest BCUT2D eigenvalue weighted by molar-refractivity contribution is 5.81. The van der Waals surface area contributed by atoms with Crippen molar-refractivity contribution in [3.05, 3.63) is 35.9 Å². The predicted octanol–water partition coefficient (Wildman–Crippen LogP) is 3.24. The number of carbonyl (C=O) groups is 1. The van der Waals surface area contributed by atoms with Crippen molar-refractivity contribution >= 4 is 5.78 Å². The second kappa shape index (κ2) is 8.30. The van der Waals surface area contributed by atoms with Crippen LogP contribution in [0.25, 0.3) is 0 Å². The largest absolute Gasteiger partial charge is 0.387 e. The maximum atomic E-state index is 12.1. The summed E-state index contributed by atoms with van der Waals surface area (Å²) in [5.41, 5.74) is 0.918. The van der Waals surface area contributed by atoms with Crippen molar-refractivity contribution in [1.82, 2.24) is 5.32 Å². The minimum Gasteiger partial charge on any atom is -0.387 e. The van der Waals surface area contributed by atoms with Crippen molar-refractivity contribution in [3.8, 4) is 0 Å². The summed E-state index contributed by atoms with van der Waals surface area (Å²) in [5.74, 6) is 0.513. The molecule has 1 saturated carbocycles. The van der Waals surface area contributed by atoms with Gasteiger partial charge in [0.05, 0.1) is 6.10 Å². The molecule has 0 radical (unpaired) electrons. The summed E-state index contributed by atoms with van der Waals surface area (Å²) in [4.78, 5) is 12.1. The van der Waals surface area contributed by atoms with Crippen LogP contribution in [0.1, 0.15) is 57.1 Å². The van der Waals surface area contributed by atoms with Crippen LogP contribution in [0.15, 0.2) is 30.3 Å². The van der Waals surface area contributed by atoms with Crippen LogP contribution in [0, 0.1) is 5.92 Å². The quantitative estimate of drug-likeness (QED) is 0.875. The first-order chi connectivity index (χ1) is 10.2. The molecule has 1 fully saturated rings. The molecular formula is C18H27NO2. The first kappa shape index (κ1) is 16.2. The van der Waals surface area contributed by atoms with Crippen LogP contribution in [-0.2, 0) is 4.79 Å². The van der Waals surface area contributed by atoms with Crippen molar-refractivity contribution in [1.29, 1.82) is 0 Å². The molecule has 1 aliphatic rings. The molecule has 0 spiro atoms. The van der Waals surface area contributed by atoms with Gasteiger partial charge in [-0.1, -0.05) is 49.6 Å². The summed E-state index contributed by atoms with van der Waals surface area (Å²) in [7, 11) is 0. The molecule has 0 aliphatic heterocycles. The summed E-state index contributed by atoms with van der Waals surface area (Å²) < 4.78 is 0. The summed E-state index contributed by atoms with van der Waals surface area (Å²) in [6, 6.07) is 9.63. The Kier molecular flexibility index (Phi) is 6.40. The lowest BCUT2D eigenvalue weighted by atomic mass is 9.89. The van der Waals surface area contributed by atoms with Gasteiger partial charge in [0.2, 0.25) is 0 Å². The number of carbonyl (C=O) groups excluding carboxylic acids is 1. The Morgan fingerprint density at radius 2 is 1.90 bits per heavy atom. The average molecular weight is 289 g/mol. The van der Waals surface area contributed by atoms with Crippen molar-refractivity contribution in [2.75, 3.05) is 6.54 Å². The SMILES string of the molecule is CC(NCC1CCCCCCC1=O)C(O)c1ccccc1. The van der Waals surface area contributed by atoms with E-state index in [1.165, 1.54) is 12.8 Å². The minimum atomic E-state index is -0.533. The van der Waals surface area contributed by atoms with E-state index in [-0.39, 0.29) is 12.0 Å². The topological polar surface area (TPSA) is 49.3 Å². The Labute approximate surface area is 127 Å². The van der Waals surface area contributed by atoms with Crippen LogP contribution in [0.5, 0.6) is 0 Å². The average Bonchev–Trinajstić information content (AvgIpc) is 2.50. The van der Waals surface area contributed by atoms with Crippen LogP contribution in [0.4, 0.5) is 0 Å². The second-order valence-electron chi connectivity index (χ2n) is 6.17. The van der Waals surface area contributed by atoms with Crippen molar-refractivity contribution in [2.24, 2.45) is 5.92 Å². The molecular weight excluding hydrogens is 262 g/mol.